The molecule has 0 saturated heterocycles. The molecule has 0 aromatic heterocycles. The van der Waals surface area contributed by atoms with Crippen LogP contribution in [0.1, 0.15) is 64.2 Å². The van der Waals surface area contributed by atoms with E-state index in [9.17, 15) is 0 Å². The predicted molar refractivity (Wildman–Crippen MR) is 68.6 cm³/mol. The Bertz CT molecular complexity index is 201. The van der Waals surface area contributed by atoms with Crippen molar-refractivity contribution in [2.45, 2.75) is 76.4 Å². The van der Waals surface area contributed by atoms with Crippen molar-refractivity contribution in [2.24, 2.45) is 0 Å². The van der Waals surface area contributed by atoms with Crippen LogP contribution in [0.3, 0.4) is 0 Å². The molecule has 2 aliphatic rings. The van der Waals surface area contributed by atoms with E-state index >= 15 is 0 Å². The van der Waals surface area contributed by atoms with Gasteiger partial charge in [0.2, 0.25) is 0 Å². The molecule has 2 saturated carbocycles. The van der Waals surface area contributed by atoms with E-state index < -0.39 is 6.62 Å². The van der Waals surface area contributed by atoms with E-state index in [-0.39, 0.29) is 0 Å². The molecule has 0 aromatic carbocycles. The van der Waals surface area contributed by atoms with Crippen molar-refractivity contribution in [2.75, 3.05) is 0 Å². The first-order valence-corrected chi connectivity index (χ1v) is 10.0. The molecule has 0 spiro atoms. The summed E-state index contributed by atoms with van der Waals surface area (Å²) >= 11 is 3.09. The van der Waals surface area contributed by atoms with E-state index in [0.29, 0.717) is 12.2 Å². The van der Waals surface area contributed by atoms with Gasteiger partial charge in [-0.15, -0.1) is 0 Å². The van der Waals surface area contributed by atoms with E-state index in [1.54, 1.807) is 0 Å². The van der Waals surface area contributed by atoms with E-state index in [4.69, 9.17) is 9.05 Å². The first-order valence-electron chi connectivity index (χ1n) is 6.65. The van der Waals surface area contributed by atoms with Crippen LogP contribution < -0.4 is 0 Å². The van der Waals surface area contributed by atoms with Crippen LogP contribution in [0.15, 0.2) is 0 Å². The van der Waals surface area contributed by atoms with Gasteiger partial charge in [0.1, 0.15) is 0 Å². The quantitative estimate of drug-likeness (QED) is 0.575. The Kier molecular flexibility index (Phi) is 5.96. The summed E-state index contributed by atoms with van der Waals surface area (Å²) in [6.07, 6.45) is 13.9. The van der Waals surface area contributed by atoms with Crippen LogP contribution in [-0.2, 0) is 9.05 Å². The standard InChI is InChI=1S/C12H22O2PSe/c16-15(13-11-7-3-1-4-8-11)14-12-9-5-2-6-10-12/h11-12H,1-10H2/q+1. The molecule has 0 heterocycles. The molecular formula is C12H22O2PSe+. The molecule has 0 aliphatic heterocycles. The van der Waals surface area contributed by atoms with Gasteiger partial charge in [0.25, 0.3) is 0 Å². The van der Waals surface area contributed by atoms with Crippen LogP contribution >= 0.6 is 6.62 Å². The monoisotopic (exact) mass is 309 g/mol. The molecule has 0 bridgehead atoms. The second-order valence-electron chi connectivity index (χ2n) is 4.95. The molecule has 2 rings (SSSR count). The molecule has 2 nitrogen and oxygen atoms in total. The summed E-state index contributed by atoms with van der Waals surface area (Å²) in [6, 6.07) is 0. The van der Waals surface area contributed by atoms with Crippen molar-refractivity contribution in [3.8, 4) is 0 Å². The molecule has 0 atom stereocenters. The molecule has 92 valence electrons. The second kappa shape index (κ2) is 7.24. The Morgan fingerprint density at radius 2 is 1.06 bits per heavy atom. The second-order valence-corrected chi connectivity index (χ2v) is 7.70. The summed E-state index contributed by atoms with van der Waals surface area (Å²) in [5, 5.41) is 0. The number of rotatable bonds is 4. The molecule has 2 aliphatic carbocycles. The van der Waals surface area contributed by atoms with Gasteiger partial charge in [-0.3, -0.25) is 0 Å². The predicted octanol–water partition coefficient (Wildman–Crippen LogP) is 4.08. The van der Waals surface area contributed by atoms with Gasteiger partial charge >= 0.3 is 107 Å². The Hall–Kier alpha value is 0.739. The average Bonchev–Trinajstić information content (AvgIpc) is 2.31. The third-order valence-electron chi connectivity index (χ3n) is 3.57. The zero-order valence-corrected chi connectivity index (χ0v) is 12.5. The molecule has 0 aromatic rings. The van der Waals surface area contributed by atoms with Gasteiger partial charge in [-0.05, 0) is 0 Å². The third-order valence-corrected chi connectivity index (χ3v) is 5.60. The van der Waals surface area contributed by atoms with Gasteiger partial charge in [0.05, 0.1) is 0 Å². The molecule has 0 N–H and O–H groups in total. The number of hydrogen-bond acceptors (Lipinski definition) is 2. The number of hydrogen-bond donors (Lipinski definition) is 0. The van der Waals surface area contributed by atoms with Crippen LogP contribution in [0.5, 0.6) is 0 Å². The van der Waals surface area contributed by atoms with Crippen LogP contribution in [0.2, 0.25) is 0 Å². The topological polar surface area (TPSA) is 18.5 Å². The molecule has 16 heavy (non-hydrogen) atoms. The van der Waals surface area contributed by atoms with Gasteiger partial charge in [-0.1, -0.05) is 0 Å². The van der Waals surface area contributed by atoms with E-state index in [1.165, 1.54) is 64.2 Å². The summed E-state index contributed by atoms with van der Waals surface area (Å²) in [6.45, 7) is -0.751. The maximum absolute atomic E-state index is 5.98. The Balaban J connectivity index is 1.66. The van der Waals surface area contributed by atoms with Crippen molar-refractivity contribution in [1.29, 1.82) is 0 Å². The molecule has 0 radical (unpaired) electrons. The Morgan fingerprint density at radius 3 is 1.44 bits per heavy atom. The first-order chi connectivity index (χ1) is 7.84. The summed E-state index contributed by atoms with van der Waals surface area (Å²) in [5.74, 6) is 0. The zero-order valence-electron chi connectivity index (χ0n) is 9.90. The van der Waals surface area contributed by atoms with Crippen LogP contribution in [0.4, 0.5) is 0 Å². The summed E-state index contributed by atoms with van der Waals surface area (Å²) in [4.78, 5) is 0. The van der Waals surface area contributed by atoms with Gasteiger partial charge in [-0.25, -0.2) is 0 Å². The van der Waals surface area contributed by atoms with Crippen molar-refractivity contribution in [3.63, 3.8) is 0 Å². The summed E-state index contributed by atoms with van der Waals surface area (Å²) in [5.41, 5.74) is 0. The normalized spacial score (nSPS) is 24.5. The fourth-order valence-corrected chi connectivity index (χ4v) is 5.10. The van der Waals surface area contributed by atoms with E-state index in [2.05, 4.69) is 15.1 Å². The molecule has 2 fully saturated rings. The van der Waals surface area contributed by atoms with E-state index in [1.807, 2.05) is 0 Å². The summed E-state index contributed by atoms with van der Waals surface area (Å²) < 4.78 is 12.0. The van der Waals surface area contributed by atoms with Crippen molar-refractivity contribution < 1.29 is 9.05 Å². The van der Waals surface area contributed by atoms with Gasteiger partial charge in [-0.2, -0.15) is 0 Å². The summed E-state index contributed by atoms with van der Waals surface area (Å²) in [7, 11) is 0. The zero-order chi connectivity index (χ0) is 11.2. The Labute approximate surface area is 107 Å². The fourth-order valence-electron chi connectivity index (χ4n) is 2.61. The first kappa shape index (κ1) is 13.2. The van der Waals surface area contributed by atoms with Gasteiger partial charge < -0.3 is 0 Å². The minimum atomic E-state index is -0.751. The Morgan fingerprint density at radius 1 is 0.688 bits per heavy atom. The molecular weight excluding hydrogens is 286 g/mol. The van der Waals surface area contributed by atoms with Crippen molar-refractivity contribution in [1.82, 2.24) is 0 Å². The molecule has 0 unspecified atom stereocenters. The van der Waals surface area contributed by atoms with Crippen LogP contribution in [-0.4, -0.2) is 27.3 Å². The average molecular weight is 308 g/mol. The maximum atomic E-state index is 5.98. The van der Waals surface area contributed by atoms with Gasteiger partial charge in [0.15, 0.2) is 0 Å². The molecule has 0 amide bonds. The van der Waals surface area contributed by atoms with Crippen LogP contribution in [0.25, 0.3) is 0 Å². The minimum absolute atomic E-state index is 0.463. The third kappa shape index (κ3) is 4.55. The molecule has 4 heteroatoms. The van der Waals surface area contributed by atoms with Gasteiger partial charge in [0, 0.05) is 0 Å². The van der Waals surface area contributed by atoms with E-state index in [0.717, 1.165) is 0 Å². The van der Waals surface area contributed by atoms with Crippen molar-refractivity contribution >= 4 is 21.7 Å². The SMILES string of the molecule is [Se]=[P+](OC1CCCCC1)OC1CCCCC1. The van der Waals surface area contributed by atoms with Crippen molar-refractivity contribution in [3.05, 3.63) is 0 Å². The van der Waals surface area contributed by atoms with Crippen LogP contribution in [0, 0.1) is 0 Å². The fraction of sp³-hybridized carbons (Fsp3) is 1.00.